The minimum Gasteiger partial charge on any atom is -0.338 e. The lowest BCUT2D eigenvalue weighted by molar-refractivity contribution is 0.584. The summed E-state index contributed by atoms with van der Waals surface area (Å²) >= 11 is 0. The van der Waals surface area contributed by atoms with Crippen LogP contribution in [0.1, 0.15) is 12.7 Å². The average molecular weight is 302 g/mol. The van der Waals surface area contributed by atoms with Crippen LogP contribution in [-0.4, -0.2) is 25.7 Å². The van der Waals surface area contributed by atoms with E-state index in [1.807, 2.05) is 6.92 Å². The summed E-state index contributed by atoms with van der Waals surface area (Å²) in [5, 5.41) is 10.1. The highest BCUT2D eigenvalue weighted by Crippen LogP contribution is 2.23. The number of anilines is 2. The first-order chi connectivity index (χ1) is 10.6. The summed E-state index contributed by atoms with van der Waals surface area (Å²) in [6.45, 7) is 2.58. The van der Waals surface area contributed by atoms with E-state index < -0.39 is 11.6 Å². The van der Waals surface area contributed by atoms with Crippen molar-refractivity contribution in [3.8, 4) is 0 Å². The number of hydrogen-bond donors (Lipinski definition) is 2. The molecule has 0 amide bonds. The molecule has 22 heavy (non-hydrogen) atoms. The molecule has 0 fully saturated rings. The van der Waals surface area contributed by atoms with Gasteiger partial charge >= 0.3 is 0 Å². The molecular formula is C14H12F2N6. The predicted molar refractivity (Wildman–Crippen MR) is 78.5 cm³/mol. The maximum absolute atomic E-state index is 13.3. The Balaban J connectivity index is 2.13. The third-order valence-electron chi connectivity index (χ3n) is 3.08. The molecule has 2 aromatic heterocycles. The number of hydrogen-bond acceptors (Lipinski definition) is 5. The summed E-state index contributed by atoms with van der Waals surface area (Å²) in [7, 11) is 0. The Labute approximate surface area is 124 Å². The number of aromatic nitrogens is 4. The van der Waals surface area contributed by atoms with Crippen LogP contribution in [0.5, 0.6) is 0 Å². The highest BCUT2D eigenvalue weighted by molar-refractivity contribution is 5.88. The molecule has 2 N–H and O–H groups in total. The lowest BCUT2D eigenvalue weighted by atomic mass is 10.3. The number of nitrogens with one attached hydrogen (secondary N) is 2. The Bertz CT molecular complexity index is 838. The van der Waals surface area contributed by atoms with Crippen molar-refractivity contribution in [3.63, 3.8) is 0 Å². The highest BCUT2D eigenvalue weighted by atomic mass is 19.1. The van der Waals surface area contributed by atoms with Crippen LogP contribution in [0.15, 0.2) is 24.5 Å². The fourth-order valence-electron chi connectivity index (χ4n) is 2.11. The first-order valence-electron chi connectivity index (χ1n) is 6.57. The zero-order valence-corrected chi connectivity index (χ0v) is 11.6. The quantitative estimate of drug-likeness (QED) is 0.726. The van der Waals surface area contributed by atoms with Crippen molar-refractivity contribution < 1.29 is 8.78 Å². The maximum Gasteiger partial charge on any atom is 0.174 e. The Morgan fingerprint density at radius 2 is 1.95 bits per heavy atom. The second-order valence-corrected chi connectivity index (χ2v) is 4.56. The fourth-order valence-corrected chi connectivity index (χ4v) is 2.11. The van der Waals surface area contributed by atoms with Gasteiger partial charge in [-0.15, -0.1) is 0 Å². The van der Waals surface area contributed by atoms with Gasteiger partial charge in [0.15, 0.2) is 22.8 Å². The molecule has 0 radical (unpaired) electrons. The van der Waals surface area contributed by atoms with Gasteiger partial charge in [0.05, 0.1) is 12.5 Å². The molecule has 0 atom stereocenters. The molecule has 0 aliphatic heterocycles. The van der Waals surface area contributed by atoms with Crippen LogP contribution in [0.2, 0.25) is 0 Å². The second kappa shape index (κ2) is 5.47. The topological polar surface area (TPSA) is 79.5 Å². The fraction of sp³-hybridized carbons (Fsp3) is 0.143. The highest BCUT2D eigenvalue weighted by Gasteiger charge is 2.13. The SMILES string of the molecule is CCn1cnc2c(Nc3cc(F)cc(F)c3)nc(C=N)nc21. The van der Waals surface area contributed by atoms with Gasteiger partial charge < -0.3 is 15.3 Å². The number of halogens is 2. The Morgan fingerprint density at radius 3 is 2.59 bits per heavy atom. The first kappa shape index (κ1) is 14.1. The Kier molecular flexibility index (Phi) is 3.50. The van der Waals surface area contributed by atoms with Crippen LogP contribution in [-0.2, 0) is 6.54 Å². The number of imidazole rings is 1. The van der Waals surface area contributed by atoms with Gasteiger partial charge in [-0.05, 0) is 19.1 Å². The summed E-state index contributed by atoms with van der Waals surface area (Å²) in [5.41, 5.74) is 1.23. The van der Waals surface area contributed by atoms with Gasteiger partial charge in [0.1, 0.15) is 11.6 Å². The van der Waals surface area contributed by atoms with E-state index in [2.05, 4.69) is 20.3 Å². The van der Waals surface area contributed by atoms with Crippen LogP contribution in [0.3, 0.4) is 0 Å². The number of aryl methyl sites for hydroxylation is 1. The van der Waals surface area contributed by atoms with Gasteiger partial charge in [-0.1, -0.05) is 0 Å². The van der Waals surface area contributed by atoms with Crippen molar-refractivity contribution >= 4 is 28.9 Å². The third kappa shape index (κ3) is 2.50. The van der Waals surface area contributed by atoms with Crippen LogP contribution >= 0.6 is 0 Å². The molecule has 112 valence electrons. The van der Waals surface area contributed by atoms with Crippen molar-refractivity contribution in [2.75, 3.05) is 5.32 Å². The molecule has 0 spiro atoms. The van der Waals surface area contributed by atoms with E-state index in [0.29, 0.717) is 23.5 Å². The van der Waals surface area contributed by atoms with E-state index in [9.17, 15) is 8.78 Å². The zero-order chi connectivity index (χ0) is 15.7. The molecule has 0 unspecified atom stereocenters. The van der Waals surface area contributed by atoms with Gasteiger partial charge in [-0.2, -0.15) is 0 Å². The standard InChI is InChI=1S/C14H12F2N6/c1-2-22-7-18-12-13(20-11(6-17)21-14(12)22)19-10-4-8(15)3-9(16)5-10/h3-7,17H,2H2,1H3,(H,19,20,21). The van der Waals surface area contributed by atoms with Gasteiger partial charge in [0, 0.05) is 18.3 Å². The molecule has 0 bridgehead atoms. The van der Waals surface area contributed by atoms with Crippen LogP contribution < -0.4 is 5.32 Å². The molecule has 8 heteroatoms. The lowest BCUT2D eigenvalue weighted by Gasteiger charge is -2.08. The summed E-state index contributed by atoms with van der Waals surface area (Å²) in [6.07, 6.45) is 2.61. The molecule has 6 nitrogen and oxygen atoms in total. The number of nitrogens with zero attached hydrogens (tertiary/aromatic N) is 4. The average Bonchev–Trinajstić information content (AvgIpc) is 2.89. The number of benzene rings is 1. The number of fused-ring (bicyclic) bond motifs is 1. The van der Waals surface area contributed by atoms with Gasteiger partial charge in [-0.3, -0.25) is 0 Å². The van der Waals surface area contributed by atoms with Crippen LogP contribution in [0.4, 0.5) is 20.3 Å². The van der Waals surface area contributed by atoms with E-state index in [1.54, 1.807) is 10.9 Å². The third-order valence-corrected chi connectivity index (χ3v) is 3.08. The van der Waals surface area contributed by atoms with E-state index in [4.69, 9.17) is 5.41 Å². The van der Waals surface area contributed by atoms with E-state index in [-0.39, 0.29) is 11.5 Å². The monoisotopic (exact) mass is 302 g/mol. The van der Waals surface area contributed by atoms with Crippen LogP contribution in [0.25, 0.3) is 11.2 Å². The largest absolute Gasteiger partial charge is 0.338 e. The first-order valence-corrected chi connectivity index (χ1v) is 6.57. The molecule has 3 aromatic rings. The van der Waals surface area contributed by atoms with Crippen LogP contribution in [0, 0.1) is 17.0 Å². The minimum absolute atomic E-state index is 0.182. The Morgan fingerprint density at radius 1 is 1.23 bits per heavy atom. The molecule has 0 aliphatic rings. The van der Waals surface area contributed by atoms with Crippen molar-refractivity contribution in [1.29, 1.82) is 5.41 Å². The van der Waals surface area contributed by atoms with Gasteiger partial charge in [-0.25, -0.2) is 23.7 Å². The molecule has 3 rings (SSSR count). The van der Waals surface area contributed by atoms with Crippen molar-refractivity contribution in [1.82, 2.24) is 19.5 Å². The van der Waals surface area contributed by atoms with Crippen molar-refractivity contribution in [3.05, 3.63) is 42.0 Å². The molecular weight excluding hydrogens is 290 g/mol. The summed E-state index contributed by atoms with van der Waals surface area (Å²) in [4.78, 5) is 12.6. The normalized spacial score (nSPS) is 10.9. The number of rotatable bonds is 4. The Hall–Kier alpha value is -2.90. The molecule has 2 heterocycles. The van der Waals surface area contributed by atoms with Crippen molar-refractivity contribution in [2.24, 2.45) is 0 Å². The van der Waals surface area contributed by atoms with Gasteiger partial charge in [0.2, 0.25) is 0 Å². The molecule has 0 saturated heterocycles. The second-order valence-electron chi connectivity index (χ2n) is 4.56. The molecule has 0 aliphatic carbocycles. The predicted octanol–water partition coefficient (Wildman–Crippen LogP) is 2.87. The molecule has 1 aromatic carbocycles. The molecule has 0 saturated carbocycles. The summed E-state index contributed by atoms with van der Waals surface area (Å²) in [6, 6.07) is 3.09. The minimum atomic E-state index is -0.695. The smallest absolute Gasteiger partial charge is 0.174 e. The van der Waals surface area contributed by atoms with E-state index in [1.165, 1.54) is 0 Å². The van der Waals surface area contributed by atoms with E-state index in [0.717, 1.165) is 24.4 Å². The lowest BCUT2D eigenvalue weighted by Crippen LogP contribution is -2.03. The van der Waals surface area contributed by atoms with Gasteiger partial charge in [0.25, 0.3) is 0 Å². The van der Waals surface area contributed by atoms with Crippen molar-refractivity contribution in [2.45, 2.75) is 13.5 Å². The van der Waals surface area contributed by atoms with E-state index >= 15 is 0 Å². The summed E-state index contributed by atoms with van der Waals surface area (Å²) in [5.74, 6) is -0.916. The zero-order valence-electron chi connectivity index (χ0n) is 11.6. The maximum atomic E-state index is 13.3. The summed E-state index contributed by atoms with van der Waals surface area (Å²) < 4.78 is 28.4.